The second-order valence-corrected chi connectivity index (χ2v) is 5.60. The number of ether oxygens (including phenoxy) is 1. The van der Waals surface area contributed by atoms with E-state index < -0.39 is 0 Å². The number of hydrogen-bond acceptors (Lipinski definition) is 4. The third-order valence-corrected chi connectivity index (χ3v) is 4.56. The van der Waals surface area contributed by atoms with Gasteiger partial charge in [-0.25, -0.2) is 4.98 Å². The van der Waals surface area contributed by atoms with E-state index in [1.54, 1.807) is 6.20 Å². The number of nitrogens with two attached hydrogens (primary N) is 1. The van der Waals surface area contributed by atoms with Crippen molar-refractivity contribution in [2.45, 2.75) is 38.8 Å². The summed E-state index contributed by atoms with van der Waals surface area (Å²) in [4.78, 5) is 4.34. The maximum Gasteiger partial charge on any atom is 0.141 e. The Balaban J connectivity index is 2.28. The van der Waals surface area contributed by atoms with Gasteiger partial charge in [0.15, 0.2) is 0 Å². The van der Waals surface area contributed by atoms with Crippen molar-refractivity contribution in [3.8, 4) is 0 Å². The largest absolute Gasteiger partial charge is 0.397 e. The van der Waals surface area contributed by atoms with Crippen molar-refractivity contribution in [3.63, 3.8) is 0 Å². The quantitative estimate of drug-likeness (QED) is 0.881. The van der Waals surface area contributed by atoms with Crippen LogP contribution in [0.4, 0.5) is 11.5 Å². The maximum absolute atomic E-state index is 5.81. The fourth-order valence-corrected chi connectivity index (χ4v) is 2.38. The van der Waals surface area contributed by atoms with Crippen LogP contribution in [0.15, 0.2) is 10.7 Å². The van der Waals surface area contributed by atoms with Gasteiger partial charge in [-0.2, -0.15) is 0 Å². The maximum atomic E-state index is 5.81. The van der Waals surface area contributed by atoms with Crippen LogP contribution >= 0.6 is 15.9 Å². The minimum absolute atomic E-state index is 0.0714. The van der Waals surface area contributed by atoms with E-state index in [0.717, 1.165) is 28.9 Å². The SMILES string of the molecule is Cc1c(N)cnc(NC2(C)CCOC2C)c1Br. The number of anilines is 2. The second-order valence-electron chi connectivity index (χ2n) is 4.81. The van der Waals surface area contributed by atoms with Crippen LogP contribution < -0.4 is 11.1 Å². The monoisotopic (exact) mass is 299 g/mol. The lowest BCUT2D eigenvalue weighted by molar-refractivity contribution is 0.105. The van der Waals surface area contributed by atoms with Crippen LogP contribution in [-0.2, 0) is 4.74 Å². The van der Waals surface area contributed by atoms with Crippen molar-refractivity contribution in [2.24, 2.45) is 0 Å². The first-order valence-electron chi connectivity index (χ1n) is 5.74. The summed E-state index contributed by atoms with van der Waals surface area (Å²) in [6.45, 7) is 7.00. The molecule has 2 atom stereocenters. The lowest BCUT2D eigenvalue weighted by Crippen LogP contribution is -2.41. The zero-order valence-electron chi connectivity index (χ0n) is 10.4. The third-order valence-electron chi connectivity index (χ3n) is 3.59. The van der Waals surface area contributed by atoms with Crippen LogP contribution in [0.5, 0.6) is 0 Å². The molecule has 0 amide bonds. The molecule has 0 saturated carbocycles. The number of nitrogen functional groups attached to an aromatic ring is 1. The predicted molar refractivity (Wildman–Crippen MR) is 73.1 cm³/mol. The summed E-state index contributed by atoms with van der Waals surface area (Å²) in [5, 5.41) is 3.46. The highest BCUT2D eigenvalue weighted by molar-refractivity contribution is 9.10. The molecule has 1 aromatic heterocycles. The number of nitrogens with one attached hydrogen (secondary N) is 1. The van der Waals surface area contributed by atoms with Crippen LogP contribution in [0.1, 0.15) is 25.8 Å². The van der Waals surface area contributed by atoms with E-state index in [1.807, 2.05) is 6.92 Å². The summed E-state index contributed by atoms with van der Waals surface area (Å²) in [5.41, 5.74) is 7.45. The first-order valence-corrected chi connectivity index (χ1v) is 6.54. The molecular formula is C12H18BrN3O. The van der Waals surface area contributed by atoms with Crippen molar-refractivity contribution in [2.75, 3.05) is 17.7 Å². The van der Waals surface area contributed by atoms with Crippen LogP contribution in [0.3, 0.4) is 0 Å². The van der Waals surface area contributed by atoms with Crippen molar-refractivity contribution in [1.29, 1.82) is 0 Å². The summed E-state index contributed by atoms with van der Waals surface area (Å²) in [6, 6.07) is 0. The average Bonchev–Trinajstić information content (AvgIpc) is 2.61. The molecule has 2 unspecified atom stereocenters. The number of rotatable bonds is 2. The van der Waals surface area contributed by atoms with Crippen LogP contribution in [0.25, 0.3) is 0 Å². The van der Waals surface area contributed by atoms with E-state index in [0.29, 0.717) is 5.69 Å². The minimum atomic E-state index is -0.0714. The van der Waals surface area contributed by atoms with Crippen LogP contribution in [0.2, 0.25) is 0 Å². The molecule has 2 heterocycles. The molecule has 2 rings (SSSR count). The fraction of sp³-hybridized carbons (Fsp3) is 0.583. The molecule has 3 N–H and O–H groups in total. The Hall–Kier alpha value is -0.810. The number of aromatic nitrogens is 1. The fourth-order valence-electron chi connectivity index (χ4n) is 1.95. The molecule has 1 saturated heterocycles. The lowest BCUT2D eigenvalue weighted by atomic mass is 9.94. The van der Waals surface area contributed by atoms with Gasteiger partial charge in [0, 0.05) is 6.61 Å². The van der Waals surface area contributed by atoms with Gasteiger partial charge in [-0.1, -0.05) is 0 Å². The number of nitrogens with zero attached hydrogens (tertiary/aromatic N) is 1. The van der Waals surface area contributed by atoms with Crippen molar-refractivity contribution in [3.05, 3.63) is 16.2 Å². The molecule has 0 aliphatic carbocycles. The lowest BCUT2D eigenvalue weighted by Gasteiger charge is -2.30. The Morgan fingerprint density at radius 3 is 2.94 bits per heavy atom. The Morgan fingerprint density at radius 1 is 1.65 bits per heavy atom. The van der Waals surface area contributed by atoms with Gasteiger partial charge < -0.3 is 15.8 Å². The summed E-state index contributed by atoms with van der Waals surface area (Å²) in [6.07, 6.45) is 2.84. The Morgan fingerprint density at radius 2 is 2.35 bits per heavy atom. The molecule has 0 aromatic carbocycles. The smallest absolute Gasteiger partial charge is 0.141 e. The molecule has 1 aliphatic rings. The average molecular weight is 300 g/mol. The molecule has 0 spiro atoms. The molecule has 4 nitrogen and oxygen atoms in total. The molecular weight excluding hydrogens is 282 g/mol. The van der Waals surface area contributed by atoms with Gasteiger partial charge in [0.25, 0.3) is 0 Å². The molecule has 5 heteroatoms. The van der Waals surface area contributed by atoms with Gasteiger partial charge in [0.2, 0.25) is 0 Å². The normalized spacial score (nSPS) is 28.4. The zero-order chi connectivity index (χ0) is 12.6. The summed E-state index contributed by atoms with van der Waals surface area (Å²) in [7, 11) is 0. The molecule has 17 heavy (non-hydrogen) atoms. The highest BCUT2D eigenvalue weighted by Crippen LogP contribution is 2.34. The first kappa shape index (κ1) is 12.6. The Bertz CT molecular complexity index is 438. The van der Waals surface area contributed by atoms with E-state index >= 15 is 0 Å². The van der Waals surface area contributed by atoms with Gasteiger partial charge in [0.05, 0.1) is 28.0 Å². The van der Waals surface area contributed by atoms with E-state index in [4.69, 9.17) is 10.5 Å². The predicted octanol–water partition coefficient (Wildman–Crippen LogP) is 2.71. The van der Waals surface area contributed by atoms with Gasteiger partial charge in [-0.05, 0) is 48.7 Å². The summed E-state index contributed by atoms with van der Waals surface area (Å²) in [5.74, 6) is 0.830. The molecule has 1 aromatic rings. The van der Waals surface area contributed by atoms with Gasteiger partial charge >= 0.3 is 0 Å². The number of pyridine rings is 1. The van der Waals surface area contributed by atoms with Crippen molar-refractivity contribution in [1.82, 2.24) is 4.98 Å². The van der Waals surface area contributed by atoms with E-state index in [-0.39, 0.29) is 11.6 Å². The minimum Gasteiger partial charge on any atom is -0.397 e. The number of halogens is 1. The van der Waals surface area contributed by atoms with Crippen LogP contribution in [0, 0.1) is 6.92 Å². The summed E-state index contributed by atoms with van der Waals surface area (Å²) >= 11 is 3.54. The first-order chi connectivity index (χ1) is 7.94. The van der Waals surface area contributed by atoms with Gasteiger partial charge in [0.1, 0.15) is 5.82 Å². The molecule has 0 bridgehead atoms. The second kappa shape index (κ2) is 4.46. The van der Waals surface area contributed by atoms with Crippen molar-refractivity contribution < 1.29 is 4.74 Å². The van der Waals surface area contributed by atoms with Gasteiger partial charge in [-0.3, -0.25) is 0 Å². The zero-order valence-corrected chi connectivity index (χ0v) is 12.0. The highest BCUT2D eigenvalue weighted by Gasteiger charge is 2.37. The van der Waals surface area contributed by atoms with E-state index in [1.165, 1.54) is 0 Å². The molecule has 94 valence electrons. The Labute approximate surface area is 110 Å². The van der Waals surface area contributed by atoms with E-state index in [2.05, 4.69) is 40.1 Å². The third kappa shape index (κ3) is 2.26. The molecule has 0 radical (unpaired) electrons. The van der Waals surface area contributed by atoms with Crippen LogP contribution in [-0.4, -0.2) is 23.2 Å². The molecule has 1 fully saturated rings. The highest BCUT2D eigenvalue weighted by atomic mass is 79.9. The van der Waals surface area contributed by atoms with Gasteiger partial charge in [-0.15, -0.1) is 0 Å². The summed E-state index contributed by atoms with van der Waals surface area (Å²) < 4.78 is 6.53. The number of hydrogen-bond donors (Lipinski definition) is 2. The van der Waals surface area contributed by atoms with Crippen molar-refractivity contribution >= 4 is 27.4 Å². The molecule has 1 aliphatic heterocycles. The Kier molecular flexibility index (Phi) is 3.32. The van der Waals surface area contributed by atoms with E-state index in [9.17, 15) is 0 Å². The topological polar surface area (TPSA) is 60.2 Å². The standard InChI is InChI=1S/C12H18BrN3O/c1-7-9(14)6-15-11(10(7)13)16-12(3)4-5-17-8(12)2/h6,8H,4-5,14H2,1-3H3,(H,15,16).